The molecule has 1 aromatic rings. The second-order valence-corrected chi connectivity index (χ2v) is 7.87. The number of halogens is 1. The first-order chi connectivity index (χ1) is 9.39. The van der Waals surface area contributed by atoms with Gasteiger partial charge in [-0.15, -0.1) is 11.6 Å². The van der Waals surface area contributed by atoms with Crippen LogP contribution in [0.2, 0.25) is 0 Å². The van der Waals surface area contributed by atoms with Crippen molar-refractivity contribution in [3.63, 3.8) is 0 Å². The van der Waals surface area contributed by atoms with Crippen molar-refractivity contribution in [2.45, 2.75) is 24.3 Å². The molecule has 2 atom stereocenters. The van der Waals surface area contributed by atoms with Gasteiger partial charge in [0.05, 0.1) is 5.69 Å². The summed E-state index contributed by atoms with van der Waals surface area (Å²) >= 11 is 6.07. The maximum absolute atomic E-state index is 12.5. The highest BCUT2D eigenvalue weighted by atomic mass is 35.5. The van der Waals surface area contributed by atoms with Gasteiger partial charge in [-0.05, 0) is 24.5 Å². The monoisotopic (exact) mass is 316 g/mol. The van der Waals surface area contributed by atoms with Gasteiger partial charge in [0.1, 0.15) is 4.90 Å². The van der Waals surface area contributed by atoms with Crippen molar-refractivity contribution in [1.82, 2.24) is 4.31 Å². The average molecular weight is 317 g/mol. The Morgan fingerprint density at radius 3 is 2.60 bits per heavy atom. The lowest BCUT2D eigenvalue weighted by molar-refractivity contribution is 0.519. The Labute approximate surface area is 126 Å². The van der Waals surface area contributed by atoms with Gasteiger partial charge in [-0.1, -0.05) is 19.1 Å². The lowest BCUT2D eigenvalue weighted by Crippen LogP contribution is -2.35. The van der Waals surface area contributed by atoms with Crippen molar-refractivity contribution < 1.29 is 8.42 Å². The summed E-state index contributed by atoms with van der Waals surface area (Å²) in [7, 11) is -0.339. The number of nitrogens with zero attached hydrogens (tertiary/aromatic N) is 2. The number of alkyl halides is 1. The summed E-state index contributed by atoms with van der Waals surface area (Å²) in [6.45, 7) is 3.01. The largest absolute Gasteiger partial charge is 0.366 e. The van der Waals surface area contributed by atoms with Crippen LogP contribution in [0.25, 0.3) is 0 Å². The molecule has 0 aromatic heterocycles. The van der Waals surface area contributed by atoms with Crippen LogP contribution in [0.4, 0.5) is 5.69 Å². The number of para-hydroxylation sites is 1. The van der Waals surface area contributed by atoms with Crippen LogP contribution in [0.3, 0.4) is 0 Å². The van der Waals surface area contributed by atoms with Gasteiger partial charge in [0.15, 0.2) is 0 Å². The van der Waals surface area contributed by atoms with Gasteiger partial charge in [0, 0.05) is 32.6 Å². The second kappa shape index (κ2) is 5.92. The van der Waals surface area contributed by atoms with Crippen LogP contribution < -0.4 is 4.90 Å². The molecule has 2 unspecified atom stereocenters. The van der Waals surface area contributed by atoms with Crippen molar-refractivity contribution in [1.29, 1.82) is 0 Å². The summed E-state index contributed by atoms with van der Waals surface area (Å²) < 4.78 is 26.2. The highest BCUT2D eigenvalue weighted by Gasteiger charge is 2.34. The molecule has 0 saturated carbocycles. The van der Waals surface area contributed by atoms with Crippen LogP contribution >= 0.6 is 11.6 Å². The molecule has 6 heteroatoms. The van der Waals surface area contributed by atoms with Crippen molar-refractivity contribution >= 4 is 27.3 Å². The predicted molar refractivity (Wildman–Crippen MR) is 82.9 cm³/mol. The fraction of sp³-hybridized carbons (Fsp3) is 0.571. The molecule has 1 fully saturated rings. The van der Waals surface area contributed by atoms with E-state index in [1.807, 2.05) is 12.1 Å². The first kappa shape index (κ1) is 15.6. The van der Waals surface area contributed by atoms with Crippen LogP contribution in [0, 0.1) is 5.92 Å². The molecule has 0 aliphatic carbocycles. The zero-order valence-corrected chi connectivity index (χ0v) is 13.7. The Bertz CT molecular complexity index is 574. The molecule has 1 aliphatic rings. The van der Waals surface area contributed by atoms with E-state index in [9.17, 15) is 8.42 Å². The Balaban J connectivity index is 2.49. The number of rotatable bonds is 4. The SMILES string of the molecule is CC1CCN(c2ccccc2S(=O)(=O)N(C)C)C1CCl. The Hall–Kier alpha value is -0.780. The van der Waals surface area contributed by atoms with Crippen molar-refractivity contribution in [3.8, 4) is 0 Å². The molecule has 4 nitrogen and oxygen atoms in total. The maximum Gasteiger partial charge on any atom is 0.244 e. The highest BCUT2D eigenvalue weighted by Crippen LogP contribution is 2.35. The van der Waals surface area contributed by atoms with Crippen LogP contribution in [-0.4, -0.2) is 45.3 Å². The van der Waals surface area contributed by atoms with Gasteiger partial charge in [-0.3, -0.25) is 0 Å². The van der Waals surface area contributed by atoms with E-state index in [-0.39, 0.29) is 6.04 Å². The van der Waals surface area contributed by atoms with E-state index in [1.165, 1.54) is 4.31 Å². The summed E-state index contributed by atoms with van der Waals surface area (Å²) in [6, 6.07) is 7.36. The van der Waals surface area contributed by atoms with Gasteiger partial charge >= 0.3 is 0 Å². The third-order valence-corrected chi connectivity index (χ3v) is 6.15. The third-order valence-electron chi connectivity index (χ3n) is 3.97. The lowest BCUT2D eigenvalue weighted by atomic mass is 10.0. The Morgan fingerprint density at radius 1 is 1.35 bits per heavy atom. The fourth-order valence-electron chi connectivity index (χ4n) is 2.65. The molecule has 0 spiro atoms. The van der Waals surface area contributed by atoms with Crippen molar-refractivity contribution in [2.24, 2.45) is 5.92 Å². The number of hydrogen-bond acceptors (Lipinski definition) is 3. The molecule has 20 heavy (non-hydrogen) atoms. The molecular formula is C14H21ClN2O2S. The molecule has 0 bridgehead atoms. The number of sulfonamides is 1. The van der Waals surface area contributed by atoms with Crippen molar-refractivity contribution in [2.75, 3.05) is 31.4 Å². The van der Waals surface area contributed by atoms with Gasteiger partial charge in [-0.2, -0.15) is 0 Å². The quantitative estimate of drug-likeness (QED) is 0.801. The molecule has 112 valence electrons. The number of benzene rings is 1. The first-order valence-electron chi connectivity index (χ1n) is 6.73. The van der Waals surface area contributed by atoms with Crippen molar-refractivity contribution in [3.05, 3.63) is 24.3 Å². The van der Waals surface area contributed by atoms with Gasteiger partial charge < -0.3 is 4.90 Å². The summed E-state index contributed by atoms with van der Waals surface area (Å²) in [6.07, 6.45) is 1.04. The van der Waals surface area contributed by atoms with E-state index < -0.39 is 10.0 Å². The van der Waals surface area contributed by atoms with Crippen LogP contribution in [-0.2, 0) is 10.0 Å². The third kappa shape index (κ3) is 2.67. The second-order valence-electron chi connectivity index (χ2n) is 5.44. The molecule has 0 amide bonds. The zero-order valence-electron chi connectivity index (χ0n) is 12.1. The molecule has 1 aliphatic heterocycles. The molecule has 1 saturated heterocycles. The number of anilines is 1. The molecular weight excluding hydrogens is 296 g/mol. The summed E-state index contributed by atoms with van der Waals surface area (Å²) in [5, 5.41) is 0. The standard InChI is InChI=1S/C14H21ClN2O2S/c1-11-8-9-17(13(11)10-15)12-6-4-5-7-14(12)20(18,19)16(2)3/h4-7,11,13H,8-10H2,1-3H3. The van der Waals surface area contributed by atoms with Gasteiger partial charge in [0.2, 0.25) is 10.0 Å². The van der Waals surface area contributed by atoms with E-state index in [0.717, 1.165) is 18.7 Å². The summed E-state index contributed by atoms with van der Waals surface area (Å²) in [4.78, 5) is 2.49. The molecule has 2 rings (SSSR count). The lowest BCUT2D eigenvalue weighted by Gasteiger charge is -2.29. The predicted octanol–water partition coefficient (Wildman–Crippen LogP) is 2.39. The van der Waals surface area contributed by atoms with E-state index in [4.69, 9.17) is 11.6 Å². The molecule has 1 heterocycles. The van der Waals surface area contributed by atoms with Gasteiger partial charge in [-0.25, -0.2) is 12.7 Å². The minimum Gasteiger partial charge on any atom is -0.366 e. The topological polar surface area (TPSA) is 40.6 Å². The molecule has 1 aromatic carbocycles. The van der Waals surface area contributed by atoms with Crippen LogP contribution in [0.5, 0.6) is 0 Å². The Morgan fingerprint density at radius 2 is 2.00 bits per heavy atom. The van der Waals surface area contributed by atoms with E-state index in [0.29, 0.717) is 16.7 Å². The van der Waals surface area contributed by atoms with Gasteiger partial charge in [0.25, 0.3) is 0 Å². The minimum absolute atomic E-state index is 0.190. The van der Waals surface area contributed by atoms with E-state index in [2.05, 4.69) is 11.8 Å². The van der Waals surface area contributed by atoms with E-state index in [1.54, 1.807) is 26.2 Å². The molecule has 0 radical (unpaired) electrons. The normalized spacial score (nSPS) is 23.6. The van der Waals surface area contributed by atoms with Crippen LogP contribution in [0.1, 0.15) is 13.3 Å². The fourth-order valence-corrected chi connectivity index (χ4v) is 4.22. The highest BCUT2D eigenvalue weighted by molar-refractivity contribution is 7.89. The van der Waals surface area contributed by atoms with Crippen LogP contribution in [0.15, 0.2) is 29.2 Å². The summed E-state index contributed by atoms with van der Waals surface area (Å²) in [5.41, 5.74) is 0.760. The zero-order chi connectivity index (χ0) is 14.9. The minimum atomic E-state index is -3.45. The molecule has 0 N–H and O–H groups in total. The first-order valence-corrected chi connectivity index (χ1v) is 8.71. The summed E-state index contributed by atoms with van der Waals surface area (Å²) in [5.74, 6) is 0.986. The van der Waals surface area contributed by atoms with E-state index >= 15 is 0 Å². The average Bonchev–Trinajstić information content (AvgIpc) is 2.79. The smallest absolute Gasteiger partial charge is 0.244 e. The maximum atomic E-state index is 12.5. The Kier molecular flexibility index (Phi) is 4.62. The number of hydrogen-bond donors (Lipinski definition) is 0.